The van der Waals surface area contributed by atoms with E-state index in [-0.39, 0.29) is 9.92 Å². The Morgan fingerprint density at radius 2 is 1.95 bits per heavy atom. The third-order valence-electron chi connectivity index (χ3n) is 3.53. The molecule has 1 aliphatic rings. The van der Waals surface area contributed by atoms with Crippen molar-refractivity contribution in [2.24, 2.45) is 0 Å². The van der Waals surface area contributed by atoms with Gasteiger partial charge in [0.05, 0.1) is 11.1 Å². The first-order valence-corrected chi connectivity index (χ1v) is 8.52. The molecule has 0 saturated heterocycles. The molecule has 1 aliphatic carbocycles. The van der Waals surface area contributed by atoms with Crippen LogP contribution in [-0.2, 0) is 10.0 Å². The topological polar surface area (TPSA) is 92.4 Å². The van der Waals surface area contributed by atoms with Gasteiger partial charge in [0.25, 0.3) is 0 Å². The van der Waals surface area contributed by atoms with E-state index in [1.807, 2.05) is 0 Å². The van der Waals surface area contributed by atoms with Gasteiger partial charge in [0.15, 0.2) is 0 Å². The average Bonchev–Trinajstić information content (AvgIpc) is 2.54. The molecule has 0 amide bonds. The lowest BCUT2D eigenvalue weighted by Crippen LogP contribution is -2.42. The van der Waals surface area contributed by atoms with E-state index >= 15 is 0 Å². The lowest BCUT2D eigenvalue weighted by molar-refractivity contribution is 0.130. The third-order valence-corrected chi connectivity index (χ3v) is 5.50. The van der Waals surface area contributed by atoms with Crippen molar-refractivity contribution in [3.63, 3.8) is 0 Å². The van der Waals surface area contributed by atoms with Crippen LogP contribution >= 0.6 is 11.6 Å². The average molecular weight is 319 g/mol. The fraction of sp³-hybridized carbons (Fsp3) is 0.538. The van der Waals surface area contributed by atoms with Gasteiger partial charge in [-0.15, -0.1) is 0 Å². The lowest BCUT2D eigenvalue weighted by atomic mass is 10.1. The standard InChI is InChI=1S/C13H19ClN2O3S/c14-10-8-9(15)6-7-13(10)20(18,19)16-11-4-2-1-3-5-12(11)17/h6-8,11-12,16-17H,1-5,15H2. The summed E-state index contributed by atoms with van der Waals surface area (Å²) < 4.78 is 27.2. The minimum absolute atomic E-state index is 0.00943. The first-order chi connectivity index (χ1) is 9.40. The number of halogens is 1. The summed E-state index contributed by atoms with van der Waals surface area (Å²) in [6.45, 7) is 0. The van der Waals surface area contributed by atoms with Crippen LogP contribution < -0.4 is 10.5 Å². The van der Waals surface area contributed by atoms with E-state index in [9.17, 15) is 13.5 Å². The minimum atomic E-state index is -3.75. The number of aliphatic hydroxyl groups is 1. The van der Waals surface area contributed by atoms with E-state index in [2.05, 4.69) is 4.72 Å². The van der Waals surface area contributed by atoms with Gasteiger partial charge in [0.2, 0.25) is 10.0 Å². The Morgan fingerprint density at radius 1 is 1.25 bits per heavy atom. The predicted octanol–water partition coefficient (Wildman–Crippen LogP) is 1.89. The molecule has 4 N–H and O–H groups in total. The zero-order valence-corrected chi connectivity index (χ0v) is 12.6. The van der Waals surface area contributed by atoms with E-state index in [1.165, 1.54) is 18.2 Å². The van der Waals surface area contributed by atoms with Crippen molar-refractivity contribution < 1.29 is 13.5 Å². The van der Waals surface area contributed by atoms with Crippen LogP contribution in [0.1, 0.15) is 32.1 Å². The van der Waals surface area contributed by atoms with Crippen molar-refractivity contribution in [2.45, 2.75) is 49.1 Å². The number of anilines is 1. The number of hydrogen-bond acceptors (Lipinski definition) is 4. The van der Waals surface area contributed by atoms with Gasteiger partial charge in [0.1, 0.15) is 4.90 Å². The highest BCUT2D eigenvalue weighted by Gasteiger charge is 2.28. The molecule has 7 heteroatoms. The van der Waals surface area contributed by atoms with Crippen molar-refractivity contribution >= 4 is 27.3 Å². The Balaban J connectivity index is 2.21. The highest BCUT2D eigenvalue weighted by atomic mass is 35.5. The summed E-state index contributed by atoms with van der Waals surface area (Å²) in [5.41, 5.74) is 5.96. The van der Waals surface area contributed by atoms with Crippen molar-refractivity contribution in [1.29, 1.82) is 0 Å². The first-order valence-electron chi connectivity index (χ1n) is 6.65. The molecule has 5 nitrogen and oxygen atoms in total. The van der Waals surface area contributed by atoms with Gasteiger partial charge in [0, 0.05) is 11.7 Å². The Bertz CT molecular complexity index is 577. The van der Waals surface area contributed by atoms with Crippen LogP contribution in [0, 0.1) is 0 Å². The Morgan fingerprint density at radius 3 is 2.65 bits per heavy atom. The second-order valence-electron chi connectivity index (χ2n) is 5.12. The summed E-state index contributed by atoms with van der Waals surface area (Å²) in [7, 11) is -3.75. The fourth-order valence-electron chi connectivity index (χ4n) is 2.42. The zero-order chi connectivity index (χ0) is 14.8. The molecular weight excluding hydrogens is 300 g/mol. The maximum Gasteiger partial charge on any atom is 0.242 e. The SMILES string of the molecule is Nc1ccc(S(=O)(=O)NC2CCCCCC2O)c(Cl)c1. The zero-order valence-electron chi connectivity index (χ0n) is 11.0. The molecule has 1 saturated carbocycles. The maximum atomic E-state index is 12.3. The number of sulfonamides is 1. The molecular formula is C13H19ClN2O3S. The summed E-state index contributed by atoms with van der Waals surface area (Å²) in [5, 5.41) is 10.1. The van der Waals surface area contributed by atoms with E-state index in [4.69, 9.17) is 17.3 Å². The first kappa shape index (κ1) is 15.6. The summed E-state index contributed by atoms with van der Waals surface area (Å²) in [4.78, 5) is -0.00943. The molecule has 0 aromatic heterocycles. The number of benzene rings is 1. The molecule has 20 heavy (non-hydrogen) atoms. The second-order valence-corrected chi connectivity index (χ2v) is 7.21. The number of aliphatic hydroxyl groups excluding tert-OH is 1. The maximum absolute atomic E-state index is 12.3. The van der Waals surface area contributed by atoms with Crippen LogP contribution in [-0.4, -0.2) is 25.7 Å². The van der Waals surface area contributed by atoms with Crippen LogP contribution in [0.25, 0.3) is 0 Å². The second kappa shape index (κ2) is 6.30. The normalized spacial score (nSPS) is 24.3. The number of rotatable bonds is 3. The van der Waals surface area contributed by atoms with Crippen LogP contribution in [0.3, 0.4) is 0 Å². The predicted molar refractivity (Wildman–Crippen MR) is 79.1 cm³/mol. The lowest BCUT2D eigenvalue weighted by Gasteiger charge is -2.22. The largest absolute Gasteiger partial charge is 0.399 e. The van der Waals surface area contributed by atoms with Crippen molar-refractivity contribution in [3.05, 3.63) is 23.2 Å². The molecule has 2 unspecified atom stereocenters. The number of nitrogens with two attached hydrogens (primary N) is 1. The van der Waals surface area contributed by atoms with Crippen LogP contribution in [0.15, 0.2) is 23.1 Å². The molecule has 1 fully saturated rings. The highest BCUT2D eigenvalue weighted by molar-refractivity contribution is 7.89. The molecule has 0 spiro atoms. The van der Waals surface area contributed by atoms with Gasteiger partial charge in [-0.2, -0.15) is 0 Å². The fourth-order valence-corrected chi connectivity index (χ4v) is 4.28. The molecule has 2 rings (SSSR count). The van der Waals surface area contributed by atoms with Gasteiger partial charge in [-0.05, 0) is 31.0 Å². The molecule has 1 aromatic carbocycles. The van der Waals surface area contributed by atoms with E-state index in [0.29, 0.717) is 18.5 Å². The highest BCUT2D eigenvalue weighted by Crippen LogP contribution is 2.25. The molecule has 2 atom stereocenters. The minimum Gasteiger partial charge on any atom is -0.399 e. The van der Waals surface area contributed by atoms with Crippen molar-refractivity contribution in [1.82, 2.24) is 4.72 Å². The van der Waals surface area contributed by atoms with Gasteiger partial charge >= 0.3 is 0 Å². The smallest absolute Gasteiger partial charge is 0.242 e. The number of nitrogen functional groups attached to an aromatic ring is 1. The number of nitrogens with one attached hydrogen (secondary N) is 1. The van der Waals surface area contributed by atoms with Gasteiger partial charge in [-0.3, -0.25) is 0 Å². The van der Waals surface area contributed by atoms with Crippen molar-refractivity contribution in [3.8, 4) is 0 Å². The summed E-state index contributed by atoms with van der Waals surface area (Å²) >= 11 is 5.94. The molecule has 1 aromatic rings. The summed E-state index contributed by atoms with van der Waals surface area (Å²) in [6.07, 6.45) is 3.43. The molecule has 0 heterocycles. The number of hydrogen-bond donors (Lipinski definition) is 3. The Hall–Kier alpha value is -0.820. The van der Waals surface area contributed by atoms with Crippen LogP contribution in [0.2, 0.25) is 5.02 Å². The Kier molecular flexibility index (Phi) is 4.90. The van der Waals surface area contributed by atoms with Crippen molar-refractivity contribution in [2.75, 3.05) is 5.73 Å². The Labute approximate surface area is 124 Å². The van der Waals surface area contributed by atoms with Crippen LogP contribution in [0.5, 0.6) is 0 Å². The summed E-state index contributed by atoms with van der Waals surface area (Å²) in [6, 6.07) is 3.81. The van der Waals surface area contributed by atoms with Gasteiger partial charge in [-0.25, -0.2) is 13.1 Å². The quantitative estimate of drug-likeness (QED) is 0.586. The molecule has 0 radical (unpaired) electrons. The molecule has 0 aliphatic heterocycles. The van der Waals surface area contributed by atoms with E-state index in [0.717, 1.165) is 19.3 Å². The molecule has 0 bridgehead atoms. The van der Waals surface area contributed by atoms with Crippen LogP contribution in [0.4, 0.5) is 5.69 Å². The molecule has 112 valence electrons. The van der Waals surface area contributed by atoms with E-state index in [1.54, 1.807) is 0 Å². The summed E-state index contributed by atoms with van der Waals surface area (Å²) in [5.74, 6) is 0. The van der Waals surface area contributed by atoms with Gasteiger partial charge < -0.3 is 10.8 Å². The third kappa shape index (κ3) is 3.63. The van der Waals surface area contributed by atoms with E-state index < -0.39 is 22.2 Å². The monoisotopic (exact) mass is 318 g/mol. The van der Waals surface area contributed by atoms with Gasteiger partial charge in [-0.1, -0.05) is 30.9 Å².